The molecule has 1 unspecified atom stereocenters. The van der Waals surface area contributed by atoms with Gasteiger partial charge in [0.2, 0.25) is 0 Å². The third-order valence-corrected chi connectivity index (χ3v) is 7.07. The second-order valence-electron chi connectivity index (χ2n) is 8.07. The van der Waals surface area contributed by atoms with Crippen LogP contribution in [0, 0.1) is 0 Å². The molecule has 0 saturated heterocycles. The number of rotatable bonds is 21. The number of aliphatic hydroxyl groups is 1. The summed E-state index contributed by atoms with van der Waals surface area (Å²) < 4.78 is 23.0. The third kappa shape index (κ3) is 16.3. The lowest BCUT2D eigenvalue weighted by Crippen LogP contribution is -2.31. The maximum absolute atomic E-state index is 11.5. The molecule has 0 aliphatic rings. The lowest BCUT2D eigenvalue weighted by molar-refractivity contribution is -0.142. The van der Waals surface area contributed by atoms with Crippen molar-refractivity contribution in [1.29, 1.82) is 0 Å². The molecule has 168 valence electrons. The standard InChI is InChI=1S/C22H44O5S/c1-2-3-4-5-6-7-8-9-10-11-12-13-14-15-16-17-18-19-20-28(26,27)22(25)21(23)24/h22,25H,2-20H2,1H3,(H,23,24). The molecule has 0 saturated carbocycles. The molecule has 5 nitrogen and oxygen atoms in total. The van der Waals surface area contributed by atoms with Gasteiger partial charge >= 0.3 is 5.97 Å². The fourth-order valence-electron chi connectivity index (χ4n) is 3.47. The summed E-state index contributed by atoms with van der Waals surface area (Å²) in [5.74, 6) is -1.94. The fraction of sp³-hybridized carbons (Fsp3) is 0.955. The van der Waals surface area contributed by atoms with Crippen molar-refractivity contribution < 1.29 is 23.4 Å². The van der Waals surface area contributed by atoms with Gasteiger partial charge in [-0.3, -0.25) is 0 Å². The van der Waals surface area contributed by atoms with Crippen LogP contribution >= 0.6 is 0 Å². The maximum Gasteiger partial charge on any atom is 0.348 e. The Hall–Kier alpha value is -0.620. The van der Waals surface area contributed by atoms with Crippen LogP contribution in [-0.4, -0.2) is 35.8 Å². The van der Waals surface area contributed by atoms with Crippen LogP contribution < -0.4 is 0 Å². The van der Waals surface area contributed by atoms with E-state index in [9.17, 15) is 13.2 Å². The Morgan fingerprint density at radius 2 is 0.929 bits per heavy atom. The zero-order valence-electron chi connectivity index (χ0n) is 18.0. The number of aliphatic carboxylic acids is 1. The van der Waals surface area contributed by atoms with Crippen LogP contribution in [0.25, 0.3) is 0 Å². The summed E-state index contributed by atoms with van der Waals surface area (Å²) in [5, 5.41) is 17.7. The predicted octanol–water partition coefficient (Wildman–Crippen LogP) is 5.85. The third-order valence-electron chi connectivity index (χ3n) is 5.33. The summed E-state index contributed by atoms with van der Waals surface area (Å²) in [4.78, 5) is 10.5. The van der Waals surface area contributed by atoms with Gasteiger partial charge in [0.15, 0.2) is 9.84 Å². The molecule has 0 rings (SSSR count). The summed E-state index contributed by atoms with van der Waals surface area (Å²) in [6.45, 7) is 2.26. The highest BCUT2D eigenvalue weighted by Crippen LogP contribution is 2.14. The van der Waals surface area contributed by atoms with Crippen molar-refractivity contribution in [3.8, 4) is 0 Å². The highest BCUT2D eigenvalue weighted by Gasteiger charge is 2.29. The Kier molecular flexibility index (Phi) is 18.0. The fourth-order valence-corrected chi connectivity index (χ4v) is 4.61. The molecule has 0 aliphatic heterocycles. The molecule has 1 atom stereocenters. The average Bonchev–Trinajstić information content (AvgIpc) is 2.66. The lowest BCUT2D eigenvalue weighted by atomic mass is 10.0. The van der Waals surface area contributed by atoms with Gasteiger partial charge in [-0.05, 0) is 6.42 Å². The van der Waals surface area contributed by atoms with Gasteiger partial charge in [0.05, 0.1) is 5.75 Å². The van der Waals surface area contributed by atoms with Crippen molar-refractivity contribution in [2.24, 2.45) is 0 Å². The summed E-state index contributed by atoms with van der Waals surface area (Å²) >= 11 is 0. The van der Waals surface area contributed by atoms with Crippen molar-refractivity contribution in [3.05, 3.63) is 0 Å². The minimum Gasteiger partial charge on any atom is -0.479 e. The minimum atomic E-state index is -3.93. The summed E-state index contributed by atoms with van der Waals surface area (Å²) in [7, 11) is -3.93. The first kappa shape index (κ1) is 27.4. The number of carboxylic acids is 1. The molecule has 0 radical (unpaired) electrons. The molecular formula is C22H44O5S. The predicted molar refractivity (Wildman–Crippen MR) is 116 cm³/mol. The highest BCUT2D eigenvalue weighted by atomic mass is 32.2. The first-order valence-corrected chi connectivity index (χ1v) is 13.3. The van der Waals surface area contributed by atoms with Gasteiger partial charge in [-0.1, -0.05) is 116 Å². The van der Waals surface area contributed by atoms with Crippen LogP contribution in [0.15, 0.2) is 0 Å². The van der Waals surface area contributed by atoms with E-state index in [-0.39, 0.29) is 5.75 Å². The van der Waals surface area contributed by atoms with Crippen molar-refractivity contribution in [2.45, 2.75) is 128 Å². The molecule has 0 aromatic heterocycles. The molecule has 6 heteroatoms. The molecule has 0 aromatic carbocycles. The molecule has 0 heterocycles. The normalized spacial score (nSPS) is 12.9. The number of aliphatic hydroxyl groups excluding tert-OH is 1. The zero-order valence-corrected chi connectivity index (χ0v) is 18.9. The van der Waals surface area contributed by atoms with E-state index in [4.69, 9.17) is 10.2 Å². The van der Waals surface area contributed by atoms with Gasteiger partial charge in [0.1, 0.15) is 0 Å². The first-order valence-electron chi connectivity index (χ1n) is 11.5. The number of hydrogen-bond acceptors (Lipinski definition) is 4. The molecule has 0 fully saturated rings. The monoisotopic (exact) mass is 420 g/mol. The van der Waals surface area contributed by atoms with Crippen molar-refractivity contribution >= 4 is 15.8 Å². The van der Waals surface area contributed by atoms with E-state index >= 15 is 0 Å². The van der Waals surface area contributed by atoms with Gasteiger partial charge < -0.3 is 10.2 Å². The molecule has 2 N–H and O–H groups in total. The van der Waals surface area contributed by atoms with E-state index in [1.807, 2.05) is 0 Å². The first-order chi connectivity index (χ1) is 13.4. The van der Waals surface area contributed by atoms with Crippen LogP contribution in [0.5, 0.6) is 0 Å². The van der Waals surface area contributed by atoms with Crippen LogP contribution in [0.2, 0.25) is 0 Å². The number of sulfone groups is 1. The molecule has 0 aromatic rings. The summed E-state index contributed by atoms with van der Waals surface area (Å²) in [5.41, 5.74) is -2.28. The molecule has 0 aliphatic carbocycles. The zero-order chi connectivity index (χ0) is 21.1. The van der Waals surface area contributed by atoms with Crippen molar-refractivity contribution in [2.75, 3.05) is 5.75 Å². The quantitative estimate of drug-likeness (QED) is 0.227. The van der Waals surface area contributed by atoms with E-state index in [2.05, 4.69) is 6.92 Å². The molecule has 0 bridgehead atoms. The lowest BCUT2D eigenvalue weighted by Gasteiger charge is -2.07. The number of unbranched alkanes of at least 4 members (excludes halogenated alkanes) is 17. The van der Waals surface area contributed by atoms with Crippen molar-refractivity contribution in [3.63, 3.8) is 0 Å². The maximum atomic E-state index is 11.5. The van der Waals surface area contributed by atoms with Crippen LogP contribution in [0.1, 0.15) is 122 Å². The van der Waals surface area contributed by atoms with Gasteiger partial charge in [-0.15, -0.1) is 0 Å². The van der Waals surface area contributed by atoms with Crippen LogP contribution in [-0.2, 0) is 14.6 Å². The smallest absolute Gasteiger partial charge is 0.348 e. The Labute approximate surface area is 173 Å². The Bertz CT molecular complexity index is 462. The number of carbonyl (C=O) groups is 1. The topological polar surface area (TPSA) is 91.7 Å². The van der Waals surface area contributed by atoms with Gasteiger partial charge in [-0.2, -0.15) is 0 Å². The van der Waals surface area contributed by atoms with E-state index in [1.54, 1.807) is 0 Å². The molecular weight excluding hydrogens is 376 g/mol. The molecule has 0 amide bonds. The SMILES string of the molecule is CCCCCCCCCCCCCCCCCCCCS(=O)(=O)C(O)C(=O)O. The second kappa shape index (κ2) is 18.4. The second-order valence-corrected chi connectivity index (χ2v) is 10.2. The summed E-state index contributed by atoms with van der Waals surface area (Å²) in [6, 6.07) is 0. The van der Waals surface area contributed by atoms with E-state index < -0.39 is 21.2 Å². The number of hydrogen-bond donors (Lipinski definition) is 2. The minimum absolute atomic E-state index is 0.251. The van der Waals surface area contributed by atoms with Crippen LogP contribution in [0.3, 0.4) is 0 Å². The number of carboxylic acid groups (broad SMARTS) is 1. The largest absolute Gasteiger partial charge is 0.479 e. The van der Waals surface area contributed by atoms with Gasteiger partial charge in [0.25, 0.3) is 5.44 Å². The van der Waals surface area contributed by atoms with Crippen molar-refractivity contribution in [1.82, 2.24) is 0 Å². The Morgan fingerprint density at radius 1 is 0.643 bits per heavy atom. The van der Waals surface area contributed by atoms with E-state index in [1.165, 1.54) is 89.9 Å². The van der Waals surface area contributed by atoms with E-state index in [0.717, 1.165) is 19.3 Å². The van der Waals surface area contributed by atoms with E-state index in [0.29, 0.717) is 6.42 Å². The van der Waals surface area contributed by atoms with Gasteiger partial charge in [-0.25, -0.2) is 13.2 Å². The Balaban J connectivity index is 3.27. The highest BCUT2D eigenvalue weighted by molar-refractivity contribution is 7.92. The summed E-state index contributed by atoms with van der Waals surface area (Å²) in [6.07, 6.45) is 22.1. The van der Waals surface area contributed by atoms with Gasteiger partial charge in [0, 0.05) is 0 Å². The Morgan fingerprint density at radius 3 is 1.21 bits per heavy atom. The van der Waals surface area contributed by atoms with Crippen LogP contribution in [0.4, 0.5) is 0 Å². The molecule has 28 heavy (non-hydrogen) atoms. The average molecular weight is 421 g/mol. The molecule has 0 spiro atoms.